The van der Waals surface area contributed by atoms with Gasteiger partial charge in [-0.2, -0.15) is 0 Å². The molecule has 3 aromatic carbocycles. The van der Waals surface area contributed by atoms with Crippen molar-refractivity contribution in [2.24, 2.45) is 5.92 Å². The van der Waals surface area contributed by atoms with Gasteiger partial charge in [-0.1, -0.05) is 44.2 Å². The number of imidazole rings is 1. The topological polar surface area (TPSA) is 267 Å². The van der Waals surface area contributed by atoms with Gasteiger partial charge in [0.15, 0.2) is 11.5 Å². The fourth-order valence-electron chi connectivity index (χ4n) is 10.5. The molecular formula is C59H69N13O10S. The SMILES string of the molecule is Cc1ncsc1-c1ccc(CNC(=O)[C@@H]2C[C@@H](O)CN2C(=O)[C@H](C(C)C)N2Cc3ccccc3C2=O)c(OCCOCCOCCOCCOCC(=O)N2CCN(c3ccc(Nc4nc(-c5cncc(N)n5)cn5ccnc45)cc3)CC2)c1. The lowest BCUT2D eigenvalue weighted by molar-refractivity contribution is -0.143. The van der Waals surface area contributed by atoms with Crippen molar-refractivity contribution < 1.29 is 48.0 Å². The number of aliphatic hydroxyl groups is 1. The molecule has 436 valence electrons. The number of carbonyl (C=O) groups excluding carboxylic acids is 4. The standard InChI is InChI=1S/C59H69N13O10S/c1-38(2)53(72-33-42-6-4-5-7-46(42)58(72)76)59(77)71-34-45(73)29-49(71)57(75)63-30-41-9-8-40(54-39(3)64-37-83-54)28-50(41)82-27-26-80-23-22-78-20-21-79-24-25-81-36-52(74)69-18-16-68(17-19-69)44-12-10-43(11-13-44)65-55-56-62-14-15-70(56)35-48(67-55)47-31-61-32-51(60)66-47/h4-15,28,31-32,35,37-38,45,49,53,73H,16-27,29-30,33-34,36H2,1-3H3,(H2,60,66)(H,63,75)(H,65,67)/t45-,49+,53+/m1/s1. The molecule has 5 N–H and O–H groups in total. The maximum Gasteiger partial charge on any atom is 0.255 e. The van der Waals surface area contributed by atoms with Crippen LogP contribution >= 0.6 is 11.3 Å². The summed E-state index contributed by atoms with van der Waals surface area (Å²) >= 11 is 1.52. The highest BCUT2D eigenvalue weighted by molar-refractivity contribution is 7.13. The summed E-state index contributed by atoms with van der Waals surface area (Å²) in [4.78, 5) is 84.8. The molecule has 0 saturated carbocycles. The zero-order valence-corrected chi connectivity index (χ0v) is 47.5. The van der Waals surface area contributed by atoms with Crippen molar-refractivity contribution in [3.63, 3.8) is 0 Å². The highest BCUT2D eigenvalue weighted by Crippen LogP contribution is 2.34. The third-order valence-electron chi connectivity index (χ3n) is 14.7. The van der Waals surface area contributed by atoms with E-state index in [4.69, 9.17) is 34.4 Å². The molecule has 0 unspecified atom stereocenters. The van der Waals surface area contributed by atoms with Crippen LogP contribution in [0.5, 0.6) is 5.75 Å². The number of hydrogen-bond acceptors (Lipinski definition) is 19. The average Bonchev–Trinajstić information content (AvgIpc) is 3.67. The molecule has 0 bridgehead atoms. The van der Waals surface area contributed by atoms with Crippen LogP contribution in [0, 0.1) is 12.8 Å². The fraction of sp³-hybridized carbons (Fsp3) is 0.407. The average molecular weight is 1150 g/mol. The van der Waals surface area contributed by atoms with Crippen LogP contribution in [0.2, 0.25) is 0 Å². The van der Waals surface area contributed by atoms with Gasteiger partial charge in [0.1, 0.15) is 48.3 Å². The van der Waals surface area contributed by atoms with E-state index in [2.05, 4.69) is 35.5 Å². The van der Waals surface area contributed by atoms with Gasteiger partial charge in [0.2, 0.25) is 17.7 Å². The molecule has 0 aliphatic carbocycles. The number of fused-ring (bicyclic) bond motifs is 2. The van der Waals surface area contributed by atoms with Gasteiger partial charge in [0, 0.05) is 93.3 Å². The number of β-amino-alcohol motifs (C(OH)–C–C–N with tert-alkyl or cyclic N) is 1. The number of nitrogen functional groups attached to an aromatic ring is 1. The summed E-state index contributed by atoms with van der Waals surface area (Å²) in [7, 11) is 0. The third kappa shape index (κ3) is 14.2. The zero-order chi connectivity index (χ0) is 57.8. The number of carbonyl (C=O) groups is 4. The predicted molar refractivity (Wildman–Crippen MR) is 311 cm³/mol. The number of nitrogens with one attached hydrogen (secondary N) is 2. The second-order valence-corrected chi connectivity index (χ2v) is 21.6. The van der Waals surface area contributed by atoms with Crippen molar-refractivity contribution in [2.45, 2.75) is 58.5 Å². The Labute approximate surface area is 484 Å². The molecule has 23 nitrogen and oxygen atoms in total. The fourth-order valence-corrected chi connectivity index (χ4v) is 11.3. The van der Waals surface area contributed by atoms with Crippen LogP contribution in [0.25, 0.3) is 27.5 Å². The summed E-state index contributed by atoms with van der Waals surface area (Å²) in [5.41, 5.74) is 15.3. The second-order valence-electron chi connectivity index (χ2n) is 20.7. The molecule has 0 spiro atoms. The Bertz CT molecular complexity index is 3370. The molecule has 24 heteroatoms. The van der Waals surface area contributed by atoms with Gasteiger partial charge in [-0.25, -0.2) is 19.9 Å². The third-order valence-corrected chi connectivity index (χ3v) is 15.7. The minimum atomic E-state index is -0.922. The van der Waals surface area contributed by atoms with Crippen LogP contribution in [0.15, 0.2) is 103 Å². The monoisotopic (exact) mass is 1150 g/mol. The minimum Gasteiger partial charge on any atom is -0.491 e. The van der Waals surface area contributed by atoms with Crippen LogP contribution < -0.4 is 26.0 Å². The van der Waals surface area contributed by atoms with E-state index in [0.717, 1.165) is 33.1 Å². The summed E-state index contributed by atoms with van der Waals surface area (Å²) in [6.07, 6.45) is 7.67. The van der Waals surface area contributed by atoms with Crippen molar-refractivity contribution in [3.8, 4) is 27.6 Å². The molecular weight excluding hydrogens is 1080 g/mol. The summed E-state index contributed by atoms with van der Waals surface area (Å²) in [5, 5.41) is 17.2. The molecule has 3 aliphatic heterocycles. The second kappa shape index (κ2) is 27.3. The van der Waals surface area contributed by atoms with Gasteiger partial charge in [-0.05, 0) is 60.4 Å². The first-order valence-electron chi connectivity index (χ1n) is 27.8. The Hall–Kier alpha value is -8.13. The van der Waals surface area contributed by atoms with Crippen molar-refractivity contribution in [1.82, 2.24) is 49.3 Å². The molecule has 2 fully saturated rings. The van der Waals surface area contributed by atoms with Crippen LogP contribution in [-0.2, 0) is 46.4 Å². The van der Waals surface area contributed by atoms with E-state index < -0.39 is 24.1 Å². The first-order chi connectivity index (χ1) is 40.4. The zero-order valence-electron chi connectivity index (χ0n) is 46.7. The molecule has 7 aromatic rings. The highest BCUT2D eigenvalue weighted by Gasteiger charge is 2.46. The molecule has 10 rings (SSSR count). The number of benzene rings is 3. The smallest absolute Gasteiger partial charge is 0.255 e. The Morgan fingerprint density at radius 2 is 1.59 bits per heavy atom. The van der Waals surface area contributed by atoms with E-state index in [-0.39, 0.29) is 69.6 Å². The highest BCUT2D eigenvalue weighted by atomic mass is 32.1. The summed E-state index contributed by atoms with van der Waals surface area (Å²) in [5.74, 6) is 0.145. The normalized spacial score (nSPS) is 16.5. The van der Waals surface area contributed by atoms with Crippen molar-refractivity contribution in [2.75, 3.05) is 108 Å². The van der Waals surface area contributed by atoms with Crippen LogP contribution in [0.3, 0.4) is 0 Å². The molecule has 4 amide bonds. The van der Waals surface area contributed by atoms with E-state index >= 15 is 0 Å². The quantitative estimate of drug-likeness (QED) is 0.0520. The van der Waals surface area contributed by atoms with E-state index in [0.29, 0.717) is 111 Å². The Morgan fingerprint density at radius 3 is 2.30 bits per heavy atom. The van der Waals surface area contributed by atoms with E-state index in [1.54, 1.807) is 34.9 Å². The number of aromatic nitrogens is 6. The van der Waals surface area contributed by atoms with E-state index in [1.807, 2.05) is 97.1 Å². The largest absolute Gasteiger partial charge is 0.491 e. The Morgan fingerprint density at radius 1 is 0.855 bits per heavy atom. The number of piperazine rings is 1. The number of nitrogens with zero attached hydrogens (tertiary/aromatic N) is 10. The minimum absolute atomic E-state index is 0.00981. The van der Waals surface area contributed by atoms with Gasteiger partial charge in [-0.3, -0.25) is 24.2 Å². The first-order valence-corrected chi connectivity index (χ1v) is 28.7. The van der Waals surface area contributed by atoms with Gasteiger partial charge < -0.3 is 69.2 Å². The molecule has 0 radical (unpaired) electrons. The predicted octanol–water partition coefficient (Wildman–Crippen LogP) is 5.00. The van der Waals surface area contributed by atoms with Gasteiger partial charge >= 0.3 is 0 Å². The Balaban J connectivity index is 0.594. The molecule has 3 atom stereocenters. The summed E-state index contributed by atoms with van der Waals surface area (Å²) in [6.45, 7) is 11.1. The molecule has 4 aromatic heterocycles. The van der Waals surface area contributed by atoms with Crippen LogP contribution in [0.1, 0.15) is 47.4 Å². The van der Waals surface area contributed by atoms with E-state index in [9.17, 15) is 24.3 Å². The van der Waals surface area contributed by atoms with Gasteiger partial charge in [0.05, 0.1) is 80.8 Å². The number of rotatable bonds is 26. The molecule has 2 saturated heterocycles. The number of hydrogen-bond donors (Lipinski definition) is 4. The first kappa shape index (κ1) is 58.1. The number of anilines is 4. The van der Waals surface area contributed by atoms with Gasteiger partial charge in [-0.15, -0.1) is 11.3 Å². The molecule has 83 heavy (non-hydrogen) atoms. The van der Waals surface area contributed by atoms with Crippen molar-refractivity contribution >= 4 is 63.6 Å². The summed E-state index contributed by atoms with van der Waals surface area (Å²) in [6, 6.07) is 19.4. The van der Waals surface area contributed by atoms with E-state index in [1.165, 1.54) is 22.4 Å². The lowest BCUT2D eigenvalue weighted by Crippen LogP contribution is -2.55. The number of amides is 4. The van der Waals surface area contributed by atoms with Crippen LogP contribution in [-0.4, -0.2) is 183 Å². The molecule has 3 aliphatic rings. The number of aliphatic hydroxyl groups excluding tert-OH is 1. The van der Waals surface area contributed by atoms with Gasteiger partial charge in [0.25, 0.3) is 5.91 Å². The maximum absolute atomic E-state index is 14.3. The number of thiazole rings is 1. The number of aryl methyl sites for hydroxylation is 1. The summed E-state index contributed by atoms with van der Waals surface area (Å²) < 4.78 is 30.9. The van der Waals surface area contributed by atoms with Crippen molar-refractivity contribution in [1.29, 1.82) is 0 Å². The number of nitrogens with two attached hydrogens (primary N) is 1. The molecule has 7 heterocycles. The Kier molecular flexibility index (Phi) is 19.1. The lowest BCUT2D eigenvalue weighted by Gasteiger charge is -2.36. The lowest BCUT2D eigenvalue weighted by atomic mass is 10.0. The maximum atomic E-state index is 14.3. The number of ether oxygens (including phenoxy) is 5. The van der Waals surface area contributed by atoms with Crippen molar-refractivity contribution in [3.05, 3.63) is 126 Å². The van der Waals surface area contributed by atoms with Crippen LogP contribution in [0.4, 0.5) is 23.0 Å². The number of likely N-dealkylation sites (tertiary alicyclic amines) is 1.